The van der Waals surface area contributed by atoms with Gasteiger partial charge >= 0.3 is 5.97 Å². The van der Waals surface area contributed by atoms with Crippen LogP contribution in [0.4, 0.5) is 0 Å². The molecule has 0 aliphatic carbocycles. The topological polar surface area (TPSA) is 77.8 Å². The highest BCUT2D eigenvalue weighted by atomic mass is 16.4. The lowest BCUT2D eigenvalue weighted by Gasteiger charge is -1.93. The lowest BCUT2D eigenvalue weighted by Crippen LogP contribution is -1.92. The van der Waals surface area contributed by atoms with Crippen LogP contribution < -0.4 is 0 Å². The molecule has 0 aromatic heterocycles. The fraction of sp³-hybridized carbons (Fsp3) is 0.700. The van der Waals surface area contributed by atoms with Gasteiger partial charge in [0.25, 0.3) is 0 Å². The van der Waals surface area contributed by atoms with E-state index in [2.05, 4.69) is 6.58 Å². The first-order valence-electron chi connectivity index (χ1n) is 4.66. The van der Waals surface area contributed by atoms with E-state index in [0.29, 0.717) is 0 Å². The fourth-order valence-electron chi connectivity index (χ4n) is 0.577. The molecular formula is C10H20O4. The third-order valence-electron chi connectivity index (χ3n) is 1.43. The molecule has 0 bridgehead atoms. The highest BCUT2D eigenvalue weighted by Crippen LogP contribution is 1.96. The third kappa shape index (κ3) is 17.3. The molecule has 4 nitrogen and oxygen atoms in total. The summed E-state index contributed by atoms with van der Waals surface area (Å²) in [4.78, 5) is 9.60. The van der Waals surface area contributed by atoms with E-state index in [-0.39, 0.29) is 18.8 Å². The summed E-state index contributed by atoms with van der Waals surface area (Å²) in [6, 6.07) is 0. The molecule has 0 aliphatic rings. The van der Waals surface area contributed by atoms with Crippen molar-refractivity contribution in [2.75, 3.05) is 13.2 Å². The summed E-state index contributed by atoms with van der Waals surface area (Å²) in [7, 11) is 0. The minimum absolute atomic E-state index is 0.176. The SMILES string of the molecule is C=C(C)C(=O)O.OCCCCCCO. The van der Waals surface area contributed by atoms with Gasteiger partial charge in [0.05, 0.1) is 0 Å². The Morgan fingerprint density at radius 1 is 1.07 bits per heavy atom. The first kappa shape index (κ1) is 15.6. The van der Waals surface area contributed by atoms with Gasteiger partial charge in [-0.25, -0.2) is 4.79 Å². The second-order valence-electron chi connectivity index (χ2n) is 2.95. The minimum atomic E-state index is -0.935. The largest absolute Gasteiger partial charge is 0.478 e. The molecule has 0 aliphatic heterocycles. The average Bonchev–Trinajstić information content (AvgIpc) is 2.13. The van der Waals surface area contributed by atoms with Crippen LogP contribution in [0.15, 0.2) is 12.2 Å². The highest BCUT2D eigenvalue weighted by Gasteiger charge is 1.90. The normalized spacial score (nSPS) is 8.79. The summed E-state index contributed by atoms with van der Waals surface area (Å²) in [5, 5.41) is 24.5. The third-order valence-corrected chi connectivity index (χ3v) is 1.43. The summed E-state index contributed by atoms with van der Waals surface area (Å²) in [5.41, 5.74) is 0.176. The van der Waals surface area contributed by atoms with Crippen LogP contribution in [-0.4, -0.2) is 34.5 Å². The molecule has 0 rings (SSSR count). The first-order valence-corrected chi connectivity index (χ1v) is 4.66. The van der Waals surface area contributed by atoms with E-state index in [0.717, 1.165) is 25.7 Å². The van der Waals surface area contributed by atoms with Crippen molar-refractivity contribution in [3.05, 3.63) is 12.2 Å². The monoisotopic (exact) mass is 204 g/mol. The van der Waals surface area contributed by atoms with Crippen molar-refractivity contribution in [2.45, 2.75) is 32.6 Å². The van der Waals surface area contributed by atoms with E-state index in [1.807, 2.05) is 0 Å². The van der Waals surface area contributed by atoms with Gasteiger partial charge in [0.15, 0.2) is 0 Å². The zero-order valence-corrected chi connectivity index (χ0v) is 8.70. The Morgan fingerprint density at radius 2 is 1.36 bits per heavy atom. The van der Waals surface area contributed by atoms with Crippen LogP contribution in [0.1, 0.15) is 32.6 Å². The van der Waals surface area contributed by atoms with Gasteiger partial charge < -0.3 is 15.3 Å². The number of rotatable bonds is 6. The number of carboxylic acid groups (broad SMARTS) is 1. The number of hydrogen-bond acceptors (Lipinski definition) is 3. The predicted octanol–water partition coefficient (Wildman–Crippen LogP) is 1.18. The van der Waals surface area contributed by atoms with Crippen LogP contribution in [0.5, 0.6) is 0 Å². The maximum atomic E-state index is 9.60. The van der Waals surface area contributed by atoms with Crippen molar-refractivity contribution >= 4 is 5.97 Å². The van der Waals surface area contributed by atoms with E-state index in [9.17, 15) is 4.79 Å². The Kier molecular flexibility index (Phi) is 13.5. The molecule has 0 saturated carbocycles. The van der Waals surface area contributed by atoms with E-state index in [1.165, 1.54) is 6.92 Å². The van der Waals surface area contributed by atoms with Gasteiger partial charge in [-0.15, -0.1) is 0 Å². The molecule has 0 amide bonds. The Hall–Kier alpha value is -0.870. The van der Waals surface area contributed by atoms with Crippen molar-refractivity contribution in [3.63, 3.8) is 0 Å². The number of hydrogen-bond donors (Lipinski definition) is 3. The molecule has 3 N–H and O–H groups in total. The molecule has 0 spiro atoms. The molecule has 0 fully saturated rings. The zero-order chi connectivity index (χ0) is 11.4. The molecule has 0 unspecified atom stereocenters. The van der Waals surface area contributed by atoms with Crippen molar-refractivity contribution in [3.8, 4) is 0 Å². The molecule has 0 saturated heterocycles. The van der Waals surface area contributed by atoms with Crippen LogP contribution in [0, 0.1) is 0 Å². The van der Waals surface area contributed by atoms with Gasteiger partial charge in [0.1, 0.15) is 0 Å². The van der Waals surface area contributed by atoms with Gasteiger partial charge in [-0.2, -0.15) is 0 Å². The van der Waals surface area contributed by atoms with Crippen LogP contribution >= 0.6 is 0 Å². The Morgan fingerprint density at radius 3 is 1.50 bits per heavy atom. The minimum Gasteiger partial charge on any atom is -0.478 e. The van der Waals surface area contributed by atoms with Crippen molar-refractivity contribution < 1.29 is 20.1 Å². The first-order chi connectivity index (χ1) is 6.56. The van der Waals surface area contributed by atoms with E-state index >= 15 is 0 Å². The molecule has 0 aromatic carbocycles. The van der Waals surface area contributed by atoms with Crippen LogP contribution in [0.25, 0.3) is 0 Å². The van der Waals surface area contributed by atoms with Gasteiger partial charge in [-0.3, -0.25) is 0 Å². The smallest absolute Gasteiger partial charge is 0.330 e. The van der Waals surface area contributed by atoms with E-state index in [1.54, 1.807) is 0 Å². The second-order valence-corrected chi connectivity index (χ2v) is 2.95. The molecule has 84 valence electrons. The van der Waals surface area contributed by atoms with Gasteiger partial charge in [0, 0.05) is 18.8 Å². The number of carbonyl (C=O) groups is 1. The lowest BCUT2D eigenvalue weighted by molar-refractivity contribution is -0.132. The Labute approximate surface area is 84.9 Å². The van der Waals surface area contributed by atoms with E-state index in [4.69, 9.17) is 15.3 Å². The lowest BCUT2D eigenvalue weighted by atomic mass is 10.2. The maximum absolute atomic E-state index is 9.60. The fourth-order valence-corrected chi connectivity index (χ4v) is 0.577. The molecular weight excluding hydrogens is 184 g/mol. The number of unbranched alkanes of at least 4 members (excludes halogenated alkanes) is 3. The number of aliphatic hydroxyl groups excluding tert-OH is 2. The molecule has 0 atom stereocenters. The van der Waals surface area contributed by atoms with Crippen LogP contribution in [0.3, 0.4) is 0 Å². The predicted molar refractivity (Wildman–Crippen MR) is 55.1 cm³/mol. The van der Waals surface area contributed by atoms with E-state index < -0.39 is 5.97 Å². The molecule has 4 heteroatoms. The average molecular weight is 204 g/mol. The number of aliphatic hydroxyl groups is 2. The summed E-state index contributed by atoms with van der Waals surface area (Å²) in [6.07, 6.45) is 3.83. The summed E-state index contributed by atoms with van der Waals surface area (Å²) < 4.78 is 0. The quantitative estimate of drug-likeness (QED) is 0.448. The van der Waals surface area contributed by atoms with Crippen LogP contribution in [0.2, 0.25) is 0 Å². The standard InChI is InChI=1S/C6H14O2.C4H6O2/c7-5-3-1-2-4-6-8;1-3(2)4(5)6/h7-8H,1-6H2;1H2,2H3,(H,5,6). The van der Waals surface area contributed by atoms with Gasteiger partial charge in [-0.05, 0) is 19.8 Å². The highest BCUT2D eigenvalue weighted by molar-refractivity contribution is 5.84. The Balaban J connectivity index is 0. The summed E-state index contributed by atoms with van der Waals surface area (Å²) in [5.74, 6) is -0.935. The van der Waals surface area contributed by atoms with Gasteiger partial charge in [0.2, 0.25) is 0 Å². The molecule has 0 radical (unpaired) electrons. The van der Waals surface area contributed by atoms with Crippen LogP contribution in [-0.2, 0) is 4.79 Å². The van der Waals surface area contributed by atoms with Crippen molar-refractivity contribution in [1.82, 2.24) is 0 Å². The number of carboxylic acids is 1. The number of aliphatic carboxylic acids is 1. The Bertz CT molecular complexity index is 136. The molecule has 0 heterocycles. The summed E-state index contributed by atoms with van der Waals surface area (Å²) >= 11 is 0. The molecule has 14 heavy (non-hydrogen) atoms. The van der Waals surface area contributed by atoms with Gasteiger partial charge in [-0.1, -0.05) is 19.4 Å². The zero-order valence-electron chi connectivity index (χ0n) is 8.70. The second kappa shape index (κ2) is 12.1. The van der Waals surface area contributed by atoms with Crippen molar-refractivity contribution in [1.29, 1.82) is 0 Å². The van der Waals surface area contributed by atoms with Crippen molar-refractivity contribution in [2.24, 2.45) is 0 Å². The molecule has 0 aromatic rings. The maximum Gasteiger partial charge on any atom is 0.330 e. The summed E-state index contributed by atoms with van der Waals surface area (Å²) in [6.45, 7) is 5.17.